The zero-order chi connectivity index (χ0) is 46.9. The van der Waals surface area contributed by atoms with Gasteiger partial charge in [-0.3, -0.25) is 0 Å². The Labute approximate surface area is 407 Å². The van der Waals surface area contributed by atoms with E-state index in [0.29, 0.717) is 0 Å². The van der Waals surface area contributed by atoms with Gasteiger partial charge in [0.05, 0.1) is 0 Å². The maximum atomic E-state index is 2.46. The van der Waals surface area contributed by atoms with Crippen LogP contribution >= 0.6 is 0 Å². The molecule has 0 bridgehead atoms. The molecule has 0 atom stereocenters. The summed E-state index contributed by atoms with van der Waals surface area (Å²) >= 11 is 0. The van der Waals surface area contributed by atoms with Crippen molar-refractivity contribution in [3.05, 3.63) is 264 Å². The lowest BCUT2D eigenvalue weighted by molar-refractivity contribution is 0.660. The maximum absolute atomic E-state index is 2.46. The first-order valence-electron chi connectivity index (χ1n) is 24.2. The molecule has 2 nitrogen and oxygen atoms in total. The summed E-state index contributed by atoms with van der Waals surface area (Å²) in [4.78, 5) is 4.83. The van der Waals surface area contributed by atoms with Crippen LogP contribution in [0.5, 0.6) is 0 Å². The molecule has 0 aliphatic heterocycles. The highest BCUT2D eigenvalue weighted by Crippen LogP contribution is 2.53. The Morgan fingerprint density at radius 3 is 0.971 bits per heavy atom. The highest BCUT2D eigenvalue weighted by molar-refractivity contribution is 5.89. The van der Waals surface area contributed by atoms with Crippen molar-refractivity contribution >= 4 is 34.1 Å². The molecule has 2 heteroatoms. The van der Waals surface area contributed by atoms with Crippen LogP contribution in [0.4, 0.5) is 34.1 Å². The maximum Gasteiger partial charge on any atom is 0.0465 e. The van der Waals surface area contributed by atoms with Crippen LogP contribution in [0.15, 0.2) is 237 Å². The molecular formula is C67H54N2. The molecule has 69 heavy (non-hydrogen) atoms. The Morgan fingerprint density at radius 2 is 0.551 bits per heavy atom. The molecule has 2 aliphatic carbocycles. The van der Waals surface area contributed by atoms with Crippen molar-refractivity contribution < 1.29 is 0 Å². The van der Waals surface area contributed by atoms with E-state index in [1.54, 1.807) is 0 Å². The summed E-state index contributed by atoms with van der Waals surface area (Å²) in [6.07, 6.45) is 0. The van der Waals surface area contributed by atoms with Crippen molar-refractivity contribution in [3.63, 3.8) is 0 Å². The number of nitrogens with zero attached hydrogens (tertiary/aromatic N) is 2. The van der Waals surface area contributed by atoms with Gasteiger partial charge >= 0.3 is 0 Å². The Hall–Kier alpha value is -8.20. The van der Waals surface area contributed by atoms with Crippen molar-refractivity contribution in [2.24, 2.45) is 0 Å². The molecule has 0 fully saturated rings. The van der Waals surface area contributed by atoms with Crippen LogP contribution in [-0.4, -0.2) is 0 Å². The van der Waals surface area contributed by atoms with E-state index in [1.807, 2.05) is 0 Å². The molecule has 0 heterocycles. The van der Waals surface area contributed by atoms with E-state index in [4.69, 9.17) is 0 Å². The van der Waals surface area contributed by atoms with Crippen molar-refractivity contribution in [1.82, 2.24) is 0 Å². The summed E-state index contributed by atoms with van der Waals surface area (Å²) < 4.78 is 0. The lowest BCUT2D eigenvalue weighted by Crippen LogP contribution is -2.18. The molecule has 0 radical (unpaired) electrons. The molecule has 0 N–H and O–H groups in total. The third-order valence-corrected chi connectivity index (χ3v) is 15.0. The van der Waals surface area contributed by atoms with Crippen molar-refractivity contribution in [1.29, 1.82) is 0 Å². The second-order valence-corrected chi connectivity index (χ2v) is 19.8. The van der Waals surface area contributed by atoms with Crippen LogP contribution in [0.25, 0.3) is 55.6 Å². The first-order valence-corrected chi connectivity index (χ1v) is 24.2. The van der Waals surface area contributed by atoms with Gasteiger partial charge in [-0.1, -0.05) is 191 Å². The number of anilines is 6. The second kappa shape index (κ2) is 16.5. The van der Waals surface area contributed by atoms with Crippen LogP contribution in [0.1, 0.15) is 55.5 Å². The van der Waals surface area contributed by atoms with Gasteiger partial charge in [0, 0.05) is 45.0 Å². The molecule has 0 amide bonds. The lowest BCUT2D eigenvalue weighted by atomic mass is 9.82. The Balaban J connectivity index is 0.917. The van der Waals surface area contributed by atoms with Gasteiger partial charge in [0.2, 0.25) is 0 Å². The van der Waals surface area contributed by atoms with Crippen LogP contribution < -0.4 is 9.80 Å². The molecule has 10 aromatic rings. The summed E-state index contributed by atoms with van der Waals surface area (Å²) in [5, 5.41) is 0. The first kappa shape index (κ1) is 42.2. The fourth-order valence-corrected chi connectivity index (χ4v) is 11.3. The number of hydrogen-bond acceptors (Lipinski definition) is 2. The summed E-state index contributed by atoms with van der Waals surface area (Å²) in [5.41, 5.74) is 25.8. The molecule has 332 valence electrons. The Bertz CT molecular complexity index is 3340. The molecule has 0 aromatic heterocycles. The van der Waals surface area contributed by atoms with Gasteiger partial charge in [-0.2, -0.15) is 0 Å². The van der Waals surface area contributed by atoms with Gasteiger partial charge < -0.3 is 9.80 Å². The largest absolute Gasteiger partial charge is 0.310 e. The third-order valence-electron chi connectivity index (χ3n) is 15.0. The molecule has 0 saturated heterocycles. The van der Waals surface area contributed by atoms with Gasteiger partial charge in [0.1, 0.15) is 0 Å². The van der Waals surface area contributed by atoms with E-state index in [9.17, 15) is 0 Å². The summed E-state index contributed by atoms with van der Waals surface area (Å²) in [5.74, 6) is 0. The quantitative estimate of drug-likeness (QED) is 0.142. The number of rotatable bonds is 9. The fraction of sp³-hybridized carbons (Fsp3) is 0.104. The molecule has 12 rings (SSSR count). The average molecular weight is 887 g/mol. The number of benzene rings is 10. The highest BCUT2D eigenvalue weighted by atomic mass is 15.1. The van der Waals surface area contributed by atoms with Crippen molar-refractivity contribution in [3.8, 4) is 55.6 Å². The summed E-state index contributed by atoms with van der Waals surface area (Å²) in [6, 6.07) is 87.2. The van der Waals surface area contributed by atoms with E-state index < -0.39 is 0 Å². The van der Waals surface area contributed by atoms with Gasteiger partial charge in [-0.05, 0) is 163 Å². The second-order valence-electron chi connectivity index (χ2n) is 19.8. The minimum Gasteiger partial charge on any atom is -0.310 e. The number of fused-ring (bicyclic) bond motifs is 6. The van der Waals surface area contributed by atoms with Crippen molar-refractivity contribution in [2.45, 2.75) is 45.4 Å². The van der Waals surface area contributed by atoms with Gasteiger partial charge in [-0.25, -0.2) is 0 Å². The SMILES string of the molecule is Cc1cc(N(c2ccc(-c3ccccc3)cc2)c2ccc(-c3ccccc3)cc2)ccc1-c1ccc(N(c2ccc3c(c2)C(C)(C)c2ccccc2-3)c2ccc3c(c2)C(C)(C)c2ccccc2-3)cc1. The van der Waals surface area contributed by atoms with Crippen molar-refractivity contribution in [2.75, 3.05) is 9.80 Å². The fourth-order valence-electron chi connectivity index (χ4n) is 11.3. The van der Waals surface area contributed by atoms with Crippen LogP contribution in [-0.2, 0) is 10.8 Å². The topological polar surface area (TPSA) is 6.48 Å². The van der Waals surface area contributed by atoms with Crippen LogP contribution in [0.2, 0.25) is 0 Å². The number of aryl methyl sites for hydroxylation is 1. The van der Waals surface area contributed by atoms with E-state index in [1.165, 1.54) is 83.5 Å². The predicted octanol–water partition coefficient (Wildman–Crippen LogP) is 18.5. The highest BCUT2D eigenvalue weighted by Gasteiger charge is 2.37. The van der Waals surface area contributed by atoms with Crippen LogP contribution in [0.3, 0.4) is 0 Å². The van der Waals surface area contributed by atoms with E-state index in [2.05, 4.69) is 281 Å². The standard InChI is InChI=1S/C67H54N2/c1-45-42-54(68(51-30-24-48(25-31-51)46-16-8-6-9-17-46)52-32-26-49(27-33-52)47-18-10-7-11-19-47)36-39-57(45)50-28-34-53(35-29-50)69(55-37-40-60-58-20-12-14-22-62(58)66(2,3)64(60)43-55)56-38-41-61-59-21-13-15-23-63(59)67(4,5)65(61)44-56/h6-44H,1-5H3. The van der Waals surface area contributed by atoms with Gasteiger partial charge in [0.15, 0.2) is 0 Å². The molecular weight excluding hydrogens is 833 g/mol. The first-order chi connectivity index (χ1) is 33.6. The third kappa shape index (κ3) is 7.18. The molecule has 2 aliphatic rings. The van der Waals surface area contributed by atoms with E-state index >= 15 is 0 Å². The molecule has 0 unspecified atom stereocenters. The van der Waals surface area contributed by atoms with Crippen LogP contribution in [0, 0.1) is 6.92 Å². The minimum atomic E-state index is -0.116. The van der Waals surface area contributed by atoms with Gasteiger partial charge in [-0.15, -0.1) is 0 Å². The zero-order valence-corrected chi connectivity index (χ0v) is 39.9. The van der Waals surface area contributed by atoms with E-state index in [-0.39, 0.29) is 10.8 Å². The molecule has 10 aromatic carbocycles. The van der Waals surface area contributed by atoms with E-state index in [0.717, 1.165) is 34.1 Å². The smallest absolute Gasteiger partial charge is 0.0465 e. The lowest BCUT2D eigenvalue weighted by Gasteiger charge is -2.30. The Kier molecular flexibility index (Phi) is 10.1. The molecule has 0 saturated carbocycles. The normalized spacial score (nSPS) is 13.5. The molecule has 0 spiro atoms. The van der Waals surface area contributed by atoms with Gasteiger partial charge in [0.25, 0.3) is 0 Å². The Morgan fingerprint density at radius 1 is 0.246 bits per heavy atom. The summed E-state index contributed by atoms with van der Waals surface area (Å²) in [7, 11) is 0. The average Bonchev–Trinajstić information content (AvgIpc) is 3.76. The monoisotopic (exact) mass is 886 g/mol. The minimum absolute atomic E-state index is 0.116. The zero-order valence-electron chi connectivity index (χ0n) is 39.9. The number of hydrogen-bond donors (Lipinski definition) is 0. The predicted molar refractivity (Wildman–Crippen MR) is 292 cm³/mol. The summed E-state index contributed by atoms with van der Waals surface area (Å²) in [6.45, 7) is 11.7.